The molecule has 2 atom stereocenters. The smallest absolute Gasteiger partial charge is 0.314 e. The average molecular weight is 252 g/mol. The molecule has 1 heterocycles. The van der Waals surface area contributed by atoms with Gasteiger partial charge in [-0.15, -0.1) is 0 Å². The Labute approximate surface area is 102 Å². The van der Waals surface area contributed by atoms with Crippen molar-refractivity contribution in [2.75, 3.05) is 26.2 Å². The number of piperidine rings is 1. The van der Waals surface area contributed by atoms with Crippen molar-refractivity contribution in [1.82, 2.24) is 10.2 Å². The van der Waals surface area contributed by atoms with Crippen LogP contribution in [0.15, 0.2) is 0 Å². The number of hydrogen-bond donors (Lipinski definition) is 1. The molecule has 0 amide bonds. The minimum Gasteiger partial charge on any atom is -0.314 e. The van der Waals surface area contributed by atoms with Crippen LogP contribution in [-0.2, 0) is 0 Å². The highest BCUT2D eigenvalue weighted by Gasteiger charge is 2.33. The standard InChI is InChI=1S/C12H23F3N2/c1-3-6-16-10(2)11-5-4-7-17(8-11)9-12(13,14)15/h10-11,16H,3-9H2,1-2H3. The number of nitrogens with one attached hydrogen (secondary N) is 1. The van der Waals surface area contributed by atoms with Crippen molar-refractivity contribution in [3.8, 4) is 0 Å². The molecule has 0 saturated carbocycles. The fourth-order valence-corrected chi connectivity index (χ4v) is 2.44. The van der Waals surface area contributed by atoms with Crippen LogP contribution >= 0.6 is 0 Å². The maximum atomic E-state index is 12.3. The second kappa shape index (κ2) is 6.59. The largest absolute Gasteiger partial charge is 0.401 e. The summed E-state index contributed by atoms with van der Waals surface area (Å²) in [4.78, 5) is 1.54. The molecule has 2 nitrogen and oxygen atoms in total. The van der Waals surface area contributed by atoms with E-state index in [1.54, 1.807) is 0 Å². The SMILES string of the molecule is CCCNC(C)C1CCCN(CC(F)(F)F)C1. The van der Waals surface area contributed by atoms with Crippen LogP contribution in [0.4, 0.5) is 13.2 Å². The molecule has 0 bridgehead atoms. The van der Waals surface area contributed by atoms with E-state index >= 15 is 0 Å². The highest BCUT2D eigenvalue weighted by molar-refractivity contribution is 4.81. The van der Waals surface area contributed by atoms with Gasteiger partial charge in [-0.2, -0.15) is 13.2 Å². The molecule has 0 aromatic heterocycles. The summed E-state index contributed by atoms with van der Waals surface area (Å²) in [5.41, 5.74) is 0. The molecule has 0 spiro atoms. The number of rotatable bonds is 5. The molecule has 0 aliphatic carbocycles. The van der Waals surface area contributed by atoms with Crippen LogP contribution in [0.3, 0.4) is 0 Å². The van der Waals surface area contributed by atoms with Gasteiger partial charge in [-0.25, -0.2) is 0 Å². The Bertz CT molecular complexity index is 218. The Morgan fingerprint density at radius 3 is 2.71 bits per heavy atom. The molecule has 1 saturated heterocycles. The van der Waals surface area contributed by atoms with Crippen LogP contribution in [0.25, 0.3) is 0 Å². The highest BCUT2D eigenvalue weighted by atomic mass is 19.4. The summed E-state index contributed by atoms with van der Waals surface area (Å²) in [6.45, 7) is 5.50. The zero-order valence-electron chi connectivity index (χ0n) is 10.7. The topological polar surface area (TPSA) is 15.3 Å². The number of halogens is 3. The summed E-state index contributed by atoms with van der Waals surface area (Å²) in [6, 6.07) is 0.311. The van der Waals surface area contributed by atoms with Crippen LogP contribution in [0.2, 0.25) is 0 Å². The molecule has 1 aliphatic rings. The Morgan fingerprint density at radius 1 is 1.41 bits per heavy atom. The van der Waals surface area contributed by atoms with E-state index in [1.165, 1.54) is 4.90 Å². The van der Waals surface area contributed by atoms with Gasteiger partial charge >= 0.3 is 6.18 Å². The van der Waals surface area contributed by atoms with E-state index in [2.05, 4.69) is 19.2 Å². The van der Waals surface area contributed by atoms with Crippen molar-refractivity contribution in [2.45, 2.75) is 45.3 Å². The van der Waals surface area contributed by atoms with Crippen LogP contribution in [0.5, 0.6) is 0 Å². The van der Waals surface area contributed by atoms with Crippen molar-refractivity contribution in [3.63, 3.8) is 0 Å². The van der Waals surface area contributed by atoms with E-state index < -0.39 is 12.7 Å². The highest BCUT2D eigenvalue weighted by Crippen LogP contribution is 2.24. The first-order valence-corrected chi connectivity index (χ1v) is 6.45. The summed E-state index contributed by atoms with van der Waals surface area (Å²) in [5.74, 6) is 0.345. The van der Waals surface area contributed by atoms with Gasteiger partial charge in [-0.3, -0.25) is 4.90 Å². The third-order valence-corrected chi connectivity index (χ3v) is 3.37. The van der Waals surface area contributed by atoms with Gasteiger partial charge in [0.05, 0.1) is 6.54 Å². The molecular weight excluding hydrogens is 229 g/mol. The Hall–Kier alpha value is -0.290. The first-order valence-electron chi connectivity index (χ1n) is 6.45. The summed E-state index contributed by atoms with van der Waals surface area (Å²) in [6.07, 6.45) is -1.10. The van der Waals surface area contributed by atoms with Crippen molar-refractivity contribution in [1.29, 1.82) is 0 Å². The number of likely N-dealkylation sites (tertiary alicyclic amines) is 1. The summed E-state index contributed by atoms with van der Waals surface area (Å²) in [5, 5.41) is 3.38. The molecular formula is C12H23F3N2. The zero-order chi connectivity index (χ0) is 12.9. The Morgan fingerprint density at radius 2 is 2.12 bits per heavy atom. The van der Waals surface area contributed by atoms with Crippen LogP contribution in [0, 0.1) is 5.92 Å². The fraction of sp³-hybridized carbons (Fsp3) is 1.00. The molecule has 0 aromatic rings. The lowest BCUT2D eigenvalue weighted by Gasteiger charge is -2.36. The van der Waals surface area contributed by atoms with Gasteiger partial charge < -0.3 is 5.32 Å². The molecule has 2 unspecified atom stereocenters. The number of alkyl halides is 3. The monoisotopic (exact) mass is 252 g/mol. The number of nitrogens with zero attached hydrogens (tertiary/aromatic N) is 1. The van der Waals surface area contributed by atoms with Crippen molar-refractivity contribution in [3.05, 3.63) is 0 Å². The second-order valence-corrected chi connectivity index (χ2v) is 5.00. The lowest BCUT2D eigenvalue weighted by Crippen LogP contribution is -2.47. The third kappa shape index (κ3) is 5.73. The fourth-order valence-electron chi connectivity index (χ4n) is 2.44. The third-order valence-electron chi connectivity index (χ3n) is 3.37. The summed E-state index contributed by atoms with van der Waals surface area (Å²) >= 11 is 0. The molecule has 1 N–H and O–H groups in total. The maximum absolute atomic E-state index is 12.3. The molecule has 1 aliphatic heterocycles. The summed E-state index contributed by atoms with van der Waals surface area (Å²) < 4.78 is 36.9. The molecule has 0 radical (unpaired) electrons. The van der Waals surface area contributed by atoms with Gasteiger partial charge in [0.1, 0.15) is 0 Å². The lowest BCUT2D eigenvalue weighted by atomic mass is 9.91. The van der Waals surface area contributed by atoms with Crippen LogP contribution in [-0.4, -0.2) is 43.3 Å². The van der Waals surface area contributed by atoms with Gasteiger partial charge in [0.15, 0.2) is 0 Å². The van der Waals surface area contributed by atoms with E-state index in [-0.39, 0.29) is 0 Å². The van der Waals surface area contributed by atoms with Gasteiger partial charge in [0.2, 0.25) is 0 Å². The van der Waals surface area contributed by atoms with Gasteiger partial charge in [0, 0.05) is 12.6 Å². The predicted octanol–water partition coefficient (Wildman–Crippen LogP) is 2.65. The van der Waals surface area contributed by atoms with Gasteiger partial charge in [-0.05, 0) is 45.2 Å². The molecule has 1 rings (SSSR count). The molecule has 102 valence electrons. The quantitative estimate of drug-likeness (QED) is 0.809. The van der Waals surface area contributed by atoms with E-state index in [0.29, 0.717) is 25.0 Å². The zero-order valence-corrected chi connectivity index (χ0v) is 10.7. The number of hydrogen-bond acceptors (Lipinski definition) is 2. The molecule has 17 heavy (non-hydrogen) atoms. The van der Waals surface area contributed by atoms with Crippen LogP contribution in [0.1, 0.15) is 33.1 Å². The predicted molar refractivity (Wildman–Crippen MR) is 63.0 cm³/mol. The van der Waals surface area contributed by atoms with Gasteiger partial charge in [-0.1, -0.05) is 6.92 Å². The van der Waals surface area contributed by atoms with E-state index in [0.717, 1.165) is 25.8 Å². The first-order chi connectivity index (χ1) is 7.92. The molecule has 5 heteroatoms. The minimum atomic E-state index is -4.07. The Balaban J connectivity index is 2.37. The maximum Gasteiger partial charge on any atom is 0.401 e. The molecule has 1 fully saturated rings. The van der Waals surface area contributed by atoms with E-state index in [9.17, 15) is 13.2 Å². The van der Waals surface area contributed by atoms with E-state index in [1.807, 2.05) is 0 Å². The van der Waals surface area contributed by atoms with Gasteiger partial charge in [0.25, 0.3) is 0 Å². The summed E-state index contributed by atoms with van der Waals surface area (Å²) in [7, 11) is 0. The Kier molecular flexibility index (Phi) is 5.73. The lowest BCUT2D eigenvalue weighted by molar-refractivity contribution is -0.149. The van der Waals surface area contributed by atoms with Crippen molar-refractivity contribution >= 4 is 0 Å². The normalized spacial score (nSPS) is 24.9. The van der Waals surface area contributed by atoms with Crippen molar-refractivity contribution < 1.29 is 13.2 Å². The minimum absolute atomic E-state index is 0.311. The molecule has 0 aromatic carbocycles. The van der Waals surface area contributed by atoms with Crippen molar-refractivity contribution in [2.24, 2.45) is 5.92 Å². The van der Waals surface area contributed by atoms with E-state index in [4.69, 9.17) is 0 Å². The first kappa shape index (κ1) is 14.8. The second-order valence-electron chi connectivity index (χ2n) is 5.00. The average Bonchev–Trinajstić information content (AvgIpc) is 2.24. The van der Waals surface area contributed by atoms with Crippen LogP contribution < -0.4 is 5.32 Å².